The minimum atomic E-state index is -0.394. The summed E-state index contributed by atoms with van der Waals surface area (Å²) in [5.41, 5.74) is 14.6. The largest absolute Gasteiger partial charge is 0.310 e. The van der Waals surface area contributed by atoms with Crippen molar-refractivity contribution in [2.75, 3.05) is 4.90 Å². The van der Waals surface area contributed by atoms with Crippen LogP contribution in [-0.2, 0) is 5.41 Å². The number of rotatable bonds is 7. The molecule has 50 heavy (non-hydrogen) atoms. The van der Waals surface area contributed by atoms with Crippen molar-refractivity contribution in [3.8, 4) is 22.3 Å². The molecule has 0 N–H and O–H groups in total. The summed E-state index contributed by atoms with van der Waals surface area (Å²) in [5, 5.41) is 0. The van der Waals surface area contributed by atoms with Crippen LogP contribution in [0.1, 0.15) is 40.2 Å². The van der Waals surface area contributed by atoms with Crippen molar-refractivity contribution in [3.05, 3.63) is 234 Å². The van der Waals surface area contributed by atoms with E-state index in [0.717, 1.165) is 23.5 Å². The molecule has 0 spiro atoms. The van der Waals surface area contributed by atoms with Crippen molar-refractivity contribution < 1.29 is 0 Å². The van der Waals surface area contributed by atoms with E-state index in [-0.39, 0.29) is 0 Å². The predicted octanol–water partition coefficient (Wildman–Crippen LogP) is 12.8. The number of para-hydroxylation sites is 1. The molecule has 0 saturated heterocycles. The Kier molecular flexibility index (Phi) is 7.59. The van der Waals surface area contributed by atoms with Gasteiger partial charge in [-0.3, -0.25) is 0 Å². The molecular weight excluding hydrogens is 603 g/mol. The maximum atomic E-state index is 2.36. The van der Waals surface area contributed by atoms with Crippen LogP contribution in [0.2, 0.25) is 0 Å². The zero-order valence-corrected chi connectivity index (χ0v) is 27.9. The number of nitrogens with zero attached hydrogens (tertiary/aromatic N) is 1. The quantitative estimate of drug-likeness (QED) is 0.168. The summed E-state index contributed by atoms with van der Waals surface area (Å²) in [7, 11) is 0. The lowest BCUT2D eigenvalue weighted by Crippen LogP contribution is -2.28. The maximum Gasteiger partial charge on any atom is 0.0713 e. The molecule has 2 aliphatic rings. The van der Waals surface area contributed by atoms with Gasteiger partial charge in [0.25, 0.3) is 0 Å². The fraction of sp³-hybridized carbons (Fsp3) is 0.0612. The van der Waals surface area contributed by atoms with Gasteiger partial charge in [0.2, 0.25) is 0 Å². The Labute approximate surface area is 295 Å². The molecule has 1 atom stereocenters. The van der Waals surface area contributed by atoms with E-state index in [1.165, 1.54) is 50.1 Å². The van der Waals surface area contributed by atoms with Gasteiger partial charge in [-0.2, -0.15) is 0 Å². The van der Waals surface area contributed by atoms with Gasteiger partial charge >= 0.3 is 0 Å². The molecule has 9 rings (SSSR count). The molecule has 0 saturated carbocycles. The fourth-order valence-corrected chi connectivity index (χ4v) is 8.17. The Morgan fingerprint density at radius 3 is 1.68 bits per heavy atom. The van der Waals surface area contributed by atoms with E-state index >= 15 is 0 Å². The highest BCUT2D eigenvalue weighted by molar-refractivity contribution is 5.86. The van der Waals surface area contributed by atoms with Gasteiger partial charge in [-0.15, -0.1) is 0 Å². The van der Waals surface area contributed by atoms with Gasteiger partial charge in [0.1, 0.15) is 0 Å². The average molecular weight is 640 g/mol. The summed E-state index contributed by atoms with van der Waals surface area (Å²) < 4.78 is 0. The summed E-state index contributed by atoms with van der Waals surface area (Å²) in [6, 6.07) is 66.8. The Morgan fingerprint density at radius 2 is 1.02 bits per heavy atom. The minimum absolute atomic E-state index is 0.394. The maximum absolute atomic E-state index is 2.36. The number of hydrogen-bond donors (Lipinski definition) is 0. The molecule has 7 aromatic rings. The lowest BCUT2D eigenvalue weighted by Gasteiger charge is -2.34. The summed E-state index contributed by atoms with van der Waals surface area (Å²) in [4.78, 5) is 2.36. The van der Waals surface area contributed by atoms with E-state index in [1.807, 2.05) is 0 Å². The second-order valence-corrected chi connectivity index (χ2v) is 13.3. The third-order valence-electron chi connectivity index (χ3n) is 10.5. The van der Waals surface area contributed by atoms with Gasteiger partial charge in [-0.25, -0.2) is 0 Å². The van der Waals surface area contributed by atoms with Crippen molar-refractivity contribution in [3.63, 3.8) is 0 Å². The molecule has 0 aromatic heterocycles. The Morgan fingerprint density at radius 1 is 0.440 bits per heavy atom. The summed E-state index contributed by atoms with van der Waals surface area (Å²) in [6.07, 6.45) is 9.88. The van der Waals surface area contributed by atoms with Crippen LogP contribution >= 0.6 is 0 Å². The van der Waals surface area contributed by atoms with Crippen molar-refractivity contribution >= 4 is 17.1 Å². The van der Waals surface area contributed by atoms with Gasteiger partial charge in [0.15, 0.2) is 0 Å². The minimum Gasteiger partial charge on any atom is -0.310 e. The summed E-state index contributed by atoms with van der Waals surface area (Å²) >= 11 is 0. The Balaban J connectivity index is 1.12. The lowest BCUT2D eigenvalue weighted by molar-refractivity contribution is 0.768. The highest BCUT2D eigenvalue weighted by atomic mass is 15.1. The van der Waals surface area contributed by atoms with Crippen molar-refractivity contribution in [1.29, 1.82) is 0 Å². The van der Waals surface area contributed by atoms with Gasteiger partial charge in [-0.05, 0) is 92.9 Å². The molecular formula is C49H37N. The topological polar surface area (TPSA) is 3.24 Å². The first-order valence-corrected chi connectivity index (χ1v) is 17.5. The molecule has 0 radical (unpaired) electrons. The first-order valence-electron chi connectivity index (χ1n) is 17.5. The van der Waals surface area contributed by atoms with Crippen LogP contribution in [0.4, 0.5) is 17.1 Å². The molecule has 0 heterocycles. The second kappa shape index (κ2) is 12.7. The molecule has 7 aromatic carbocycles. The highest BCUT2D eigenvalue weighted by Gasteiger charge is 2.45. The molecule has 2 aliphatic carbocycles. The number of allylic oxidation sites excluding steroid dienone is 4. The molecule has 238 valence electrons. The third kappa shape index (κ3) is 5.02. The number of hydrogen-bond acceptors (Lipinski definition) is 1. The van der Waals surface area contributed by atoms with E-state index < -0.39 is 5.41 Å². The van der Waals surface area contributed by atoms with Crippen LogP contribution in [0.5, 0.6) is 0 Å². The Hall–Kier alpha value is -6.18. The Bertz CT molecular complexity index is 2290. The van der Waals surface area contributed by atoms with E-state index in [4.69, 9.17) is 0 Å². The number of fused-ring (bicyclic) bond motifs is 3. The first-order chi connectivity index (χ1) is 24.8. The highest BCUT2D eigenvalue weighted by Crippen LogP contribution is 2.56. The van der Waals surface area contributed by atoms with Gasteiger partial charge in [0, 0.05) is 23.0 Å². The molecule has 1 unspecified atom stereocenters. The van der Waals surface area contributed by atoms with Crippen LogP contribution < -0.4 is 4.90 Å². The van der Waals surface area contributed by atoms with E-state index in [0.29, 0.717) is 5.92 Å². The molecule has 1 nitrogen and oxygen atoms in total. The van der Waals surface area contributed by atoms with Crippen LogP contribution in [0.25, 0.3) is 22.3 Å². The van der Waals surface area contributed by atoms with Crippen LogP contribution in [0.15, 0.2) is 206 Å². The van der Waals surface area contributed by atoms with Gasteiger partial charge in [-0.1, -0.05) is 170 Å². The lowest BCUT2D eigenvalue weighted by atomic mass is 9.67. The van der Waals surface area contributed by atoms with E-state index in [1.54, 1.807) is 0 Å². The van der Waals surface area contributed by atoms with Crippen molar-refractivity contribution in [1.82, 2.24) is 0 Å². The first kappa shape index (κ1) is 29.9. The van der Waals surface area contributed by atoms with Crippen molar-refractivity contribution in [2.45, 2.75) is 17.8 Å². The predicted molar refractivity (Wildman–Crippen MR) is 210 cm³/mol. The number of benzene rings is 7. The molecule has 0 amide bonds. The standard InChI is InChI=1S/C49H37N/c1-4-15-36(16-5-1)37-29-33-43(34-30-37)50(42-20-8-3-9-21-42)44-22-14-17-39(35-44)38-27-31-41(32-28-38)49(40-18-6-2-7-19-40)47-25-12-10-23-45(47)46-24-11-13-26-48(46)49/h1-15,17-36H,16H2. The molecule has 1 heteroatoms. The number of anilines is 3. The second-order valence-electron chi connectivity index (χ2n) is 13.3. The van der Waals surface area contributed by atoms with E-state index in [9.17, 15) is 0 Å². The van der Waals surface area contributed by atoms with Crippen LogP contribution in [0.3, 0.4) is 0 Å². The van der Waals surface area contributed by atoms with E-state index in [2.05, 4.69) is 211 Å². The van der Waals surface area contributed by atoms with Gasteiger partial charge < -0.3 is 4.90 Å². The third-order valence-corrected chi connectivity index (χ3v) is 10.5. The molecule has 0 aliphatic heterocycles. The zero-order chi connectivity index (χ0) is 33.3. The van der Waals surface area contributed by atoms with Gasteiger partial charge in [0.05, 0.1) is 5.41 Å². The fourth-order valence-electron chi connectivity index (χ4n) is 8.17. The monoisotopic (exact) mass is 639 g/mol. The molecule has 0 bridgehead atoms. The van der Waals surface area contributed by atoms with Crippen LogP contribution in [0, 0.1) is 0 Å². The molecule has 0 fully saturated rings. The SMILES string of the molecule is C1=CCC(c2ccc(N(c3ccccc3)c3cccc(-c4ccc(C5(c6ccccc6)c6ccccc6-c6ccccc65)cc4)c3)cc2)C=C1. The smallest absolute Gasteiger partial charge is 0.0713 e. The summed E-state index contributed by atoms with van der Waals surface area (Å²) in [5.74, 6) is 0.428. The summed E-state index contributed by atoms with van der Waals surface area (Å²) in [6.45, 7) is 0. The zero-order valence-electron chi connectivity index (χ0n) is 27.9. The van der Waals surface area contributed by atoms with Crippen LogP contribution in [-0.4, -0.2) is 0 Å². The average Bonchev–Trinajstić information content (AvgIpc) is 3.51. The normalized spacial score (nSPS) is 15.3. The van der Waals surface area contributed by atoms with Crippen molar-refractivity contribution in [2.24, 2.45) is 0 Å².